The van der Waals surface area contributed by atoms with Gasteiger partial charge in [0.15, 0.2) is 0 Å². The Kier molecular flexibility index (Phi) is 6.08. The molecule has 0 spiro atoms. The van der Waals surface area contributed by atoms with Crippen molar-refractivity contribution in [2.75, 3.05) is 40.4 Å². The van der Waals surface area contributed by atoms with Crippen molar-refractivity contribution in [3.8, 4) is 5.69 Å². The van der Waals surface area contributed by atoms with Gasteiger partial charge in [-0.1, -0.05) is 18.2 Å². The van der Waals surface area contributed by atoms with E-state index in [9.17, 15) is 9.59 Å². The first kappa shape index (κ1) is 19.3. The van der Waals surface area contributed by atoms with E-state index in [0.29, 0.717) is 12.1 Å². The maximum Gasteiger partial charge on any atom is 0.255 e. The molecular weight excluding hydrogens is 342 g/mol. The van der Waals surface area contributed by atoms with Gasteiger partial charge in [-0.15, -0.1) is 0 Å². The van der Waals surface area contributed by atoms with Gasteiger partial charge in [0, 0.05) is 49.7 Å². The van der Waals surface area contributed by atoms with E-state index >= 15 is 0 Å². The molecule has 1 fully saturated rings. The number of para-hydroxylation sites is 1. The predicted molar refractivity (Wildman–Crippen MR) is 105 cm³/mol. The van der Waals surface area contributed by atoms with Crippen molar-refractivity contribution in [1.29, 1.82) is 0 Å². The van der Waals surface area contributed by atoms with Gasteiger partial charge >= 0.3 is 0 Å². The Morgan fingerprint density at radius 2 is 1.85 bits per heavy atom. The summed E-state index contributed by atoms with van der Waals surface area (Å²) in [5, 5.41) is 3.08. The summed E-state index contributed by atoms with van der Waals surface area (Å²) in [5.41, 5.74) is 1.08. The SMILES string of the molecule is CN(C)CC1(CNC(=O)c2ccc(=O)n(-c3ccccc3)c2)CCOCC1. The summed E-state index contributed by atoms with van der Waals surface area (Å²) in [6.45, 7) is 2.95. The number of nitrogens with one attached hydrogen (secondary N) is 1. The van der Waals surface area contributed by atoms with Gasteiger partial charge in [0.05, 0.1) is 5.56 Å². The lowest BCUT2D eigenvalue weighted by Gasteiger charge is -2.39. The Balaban J connectivity index is 1.75. The number of nitrogens with zero attached hydrogens (tertiary/aromatic N) is 2. The normalized spacial score (nSPS) is 16.3. The van der Waals surface area contributed by atoms with Crippen LogP contribution in [-0.2, 0) is 4.74 Å². The molecule has 0 bridgehead atoms. The number of pyridine rings is 1. The van der Waals surface area contributed by atoms with E-state index in [1.165, 1.54) is 10.6 Å². The van der Waals surface area contributed by atoms with E-state index in [2.05, 4.69) is 24.3 Å². The summed E-state index contributed by atoms with van der Waals surface area (Å²) >= 11 is 0. The molecule has 144 valence electrons. The maximum absolute atomic E-state index is 12.7. The van der Waals surface area contributed by atoms with E-state index in [1.807, 2.05) is 30.3 Å². The third-order valence-electron chi connectivity index (χ3n) is 5.04. The third kappa shape index (κ3) is 4.84. The van der Waals surface area contributed by atoms with Gasteiger partial charge in [0.1, 0.15) is 0 Å². The molecule has 27 heavy (non-hydrogen) atoms. The second-order valence-electron chi connectivity index (χ2n) is 7.49. The fourth-order valence-corrected chi connectivity index (χ4v) is 3.65. The highest BCUT2D eigenvalue weighted by Crippen LogP contribution is 2.30. The number of carbonyl (C=O) groups excluding carboxylic acids is 1. The van der Waals surface area contributed by atoms with Gasteiger partial charge < -0.3 is 15.0 Å². The number of ether oxygens (including phenoxy) is 1. The molecule has 1 aliphatic heterocycles. The molecule has 3 rings (SSSR count). The van der Waals surface area contributed by atoms with Crippen LogP contribution >= 0.6 is 0 Å². The highest BCUT2D eigenvalue weighted by Gasteiger charge is 2.33. The Hall–Kier alpha value is -2.44. The molecule has 2 heterocycles. The molecule has 1 amide bonds. The highest BCUT2D eigenvalue weighted by molar-refractivity contribution is 5.93. The molecule has 0 atom stereocenters. The molecule has 1 aliphatic rings. The van der Waals surface area contributed by atoms with Crippen molar-refractivity contribution in [3.63, 3.8) is 0 Å². The standard InChI is InChI=1S/C21H27N3O3/c1-23(2)16-21(10-12-27-13-11-21)15-22-20(26)17-8-9-19(25)24(14-17)18-6-4-3-5-7-18/h3-9,14H,10-13,15-16H2,1-2H3,(H,22,26). The van der Waals surface area contributed by atoms with Crippen LogP contribution < -0.4 is 10.9 Å². The largest absolute Gasteiger partial charge is 0.381 e. The Morgan fingerprint density at radius 1 is 1.15 bits per heavy atom. The van der Waals surface area contributed by atoms with Crippen molar-refractivity contribution in [2.24, 2.45) is 5.41 Å². The third-order valence-corrected chi connectivity index (χ3v) is 5.04. The van der Waals surface area contributed by atoms with Crippen LogP contribution in [0.4, 0.5) is 0 Å². The van der Waals surface area contributed by atoms with Crippen LogP contribution in [0.3, 0.4) is 0 Å². The quantitative estimate of drug-likeness (QED) is 0.845. The lowest BCUT2D eigenvalue weighted by atomic mass is 9.79. The van der Waals surface area contributed by atoms with Crippen molar-refractivity contribution >= 4 is 5.91 Å². The molecule has 6 nitrogen and oxygen atoms in total. The van der Waals surface area contributed by atoms with E-state index < -0.39 is 0 Å². The van der Waals surface area contributed by atoms with Crippen molar-refractivity contribution in [3.05, 3.63) is 64.6 Å². The summed E-state index contributed by atoms with van der Waals surface area (Å²) in [7, 11) is 4.10. The lowest BCUT2D eigenvalue weighted by Crippen LogP contribution is -2.47. The van der Waals surface area contributed by atoms with E-state index in [-0.39, 0.29) is 16.9 Å². The van der Waals surface area contributed by atoms with Crippen LogP contribution in [0.25, 0.3) is 5.69 Å². The second kappa shape index (κ2) is 8.50. The first-order valence-corrected chi connectivity index (χ1v) is 9.28. The number of amides is 1. The zero-order valence-electron chi connectivity index (χ0n) is 16.0. The molecule has 2 aromatic rings. The minimum absolute atomic E-state index is 0.0191. The topological polar surface area (TPSA) is 63.6 Å². The van der Waals surface area contributed by atoms with Crippen molar-refractivity contribution < 1.29 is 9.53 Å². The summed E-state index contributed by atoms with van der Waals surface area (Å²) in [6.07, 6.45) is 3.46. The van der Waals surface area contributed by atoms with Gasteiger partial charge in [-0.2, -0.15) is 0 Å². The zero-order valence-corrected chi connectivity index (χ0v) is 16.0. The Labute approximate surface area is 159 Å². The van der Waals surface area contributed by atoms with Crippen LogP contribution in [0, 0.1) is 5.41 Å². The molecule has 0 radical (unpaired) electrons. The zero-order chi connectivity index (χ0) is 19.3. The van der Waals surface area contributed by atoms with E-state index in [0.717, 1.165) is 38.3 Å². The van der Waals surface area contributed by atoms with Crippen LogP contribution in [-0.4, -0.2) is 55.8 Å². The smallest absolute Gasteiger partial charge is 0.255 e. The highest BCUT2D eigenvalue weighted by atomic mass is 16.5. The first-order valence-electron chi connectivity index (χ1n) is 9.28. The number of carbonyl (C=O) groups is 1. The number of aromatic nitrogens is 1. The molecule has 0 unspecified atom stereocenters. The first-order chi connectivity index (χ1) is 13.0. The molecule has 0 aliphatic carbocycles. The Morgan fingerprint density at radius 3 is 2.52 bits per heavy atom. The van der Waals surface area contributed by atoms with Gasteiger partial charge in [0.2, 0.25) is 0 Å². The van der Waals surface area contributed by atoms with Crippen LogP contribution in [0.2, 0.25) is 0 Å². The van der Waals surface area contributed by atoms with Gasteiger partial charge in [-0.25, -0.2) is 0 Å². The van der Waals surface area contributed by atoms with E-state index in [1.54, 1.807) is 12.3 Å². The van der Waals surface area contributed by atoms with Crippen LogP contribution in [0.1, 0.15) is 23.2 Å². The van der Waals surface area contributed by atoms with Crippen molar-refractivity contribution in [1.82, 2.24) is 14.8 Å². The number of hydrogen-bond donors (Lipinski definition) is 1. The summed E-state index contributed by atoms with van der Waals surface area (Å²) in [6, 6.07) is 12.3. The Bertz CT molecular complexity index is 824. The monoisotopic (exact) mass is 369 g/mol. The second-order valence-corrected chi connectivity index (χ2v) is 7.49. The lowest BCUT2D eigenvalue weighted by molar-refractivity contribution is 0.00285. The molecular formula is C21H27N3O3. The number of benzene rings is 1. The molecule has 1 aromatic heterocycles. The summed E-state index contributed by atoms with van der Waals surface area (Å²) < 4.78 is 7.01. The fraction of sp³-hybridized carbons (Fsp3) is 0.429. The van der Waals surface area contributed by atoms with Gasteiger partial charge in [0.25, 0.3) is 11.5 Å². The minimum atomic E-state index is -0.163. The van der Waals surface area contributed by atoms with E-state index in [4.69, 9.17) is 4.74 Å². The molecule has 1 saturated heterocycles. The predicted octanol–water partition coefficient (Wildman–Crippen LogP) is 1.93. The molecule has 1 aromatic carbocycles. The van der Waals surface area contributed by atoms with Crippen LogP contribution in [0.15, 0.2) is 53.5 Å². The average molecular weight is 369 g/mol. The maximum atomic E-state index is 12.7. The fourth-order valence-electron chi connectivity index (χ4n) is 3.65. The molecule has 1 N–H and O–H groups in total. The number of hydrogen-bond acceptors (Lipinski definition) is 4. The molecule has 0 saturated carbocycles. The summed E-state index contributed by atoms with van der Waals surface area (Å²) in [5.74, 6) is -0.163. The average Bonchev–Trinajstić information content (AvgIpc) is 2.67. The minimum Gasteiger partial charge on any atom is -0.381 e. The number of rotatable bonds is 6. The summed E-state index contributed by atoms with van der Waals surface area (Å²) in [4.78, 5) is 27.1. The van der Waals surface area contributed by atoms with Gasteiger partial charge in [-0.3, -0.25) is 14.2 Å². The van der Waals surface area contributed by atoms with Crippen molar-refractivity contribution in [2.45, 2.75) is 12.8 Å². The van der Waals surface area contributed by atoms with Gasteiger partial charge in [-0.05, 0) is 45.1 Å². The molecule has 6 heteroatoms. The van der Waals surface area contributed by atoms with Crippen LogP contribution in [0.5, 0.6) is 0 Å².